The number of benzene rings is 2. The summed E-state index contributed by atoms with van der Waals surface area (Å²) < 4.78 is 27.3. The summed E-state index contributed by atoms with van der Waals surface area (Å²) in [5.74, 6) is 0.826. The number of thioether (sulfide) groups is 1. The van der Waals surface area contributed by atoms with Crippen molar-refractivity contribution >= 4 is 21.8 Å². The Labute approximate surface area is 136 Å². The molecule has 0 amide bonds. The summed E-state index contributed by atoms with van der Waals surface area (Å²) >= 11 is 1.69. The van der Waals surface area contributed by atoms with Crippen molar-refractivity contribution < 1.29 is 8.42 Å². The Morgan fingerprint density at radius 3 is 2.64 bits per heavy atom. The molecule has 1 aliphatic rings. The average Bonchev–Trinajstić information content (AvgIpc) is 2.55. The maximum Gasteiger partial charge on any atom is 0.243 e. The molecule has 0 aliphatic carbocycles. The Morgan fingerprint density at radius 1 is 1.09 bits per heavy atom. The van der Waals surface area contributed by atoms with Crippen molar-refractivity contribution in [3.05, 3.63) is 65.2 Å². The SMILES string of the molecule is CSCc1cccc(S(=O)(=O)N2CCc3ccccc3C2)c1. The summed E-state index contributed by atoms with van der Waals surface area (Å²) in [5.41, 5.74) is 3.41. The molecule has 1 heterocycles. The van der Waals surface area contributed by atoms with Crippen LogP contribution in [0.1, 0.15) is 16.7 Å². The lowest BCUT2D eigenvalue weighted by Crippen LogP contribution is -2.35. The van der Waals surface area contributed by atoms with Gasteiger partial charge in [-0.25, -0.2) is 8.42 Å². The van der Waals surface area contributed by atoms with Gasteiger partial charge in [0.25, 0.3) is 0 Å². The van der Waals surface area contributed by atoms with Gasteiger partial charge in [-0.3, -0.25) is 0 Å². The van der Waals surface area contributed by atoms with Gasteiger partial charge < -0.3 is 0 Å². The van der Waals surface area contributed by atoms with Crippen LogP contribution < -0.4 is 0 Å². The molecule has 1 aliphatic heterocycles. The highest BCUT2D eigenvalue weighted by Crippen LogP contribution is 2.25. The molecule has 0 spiro atoms. The molecule has 0 N–H and O–H groups in total. The molecular formula is C17H19NO2S2. The molecule has 0 radical (unpaired) electrons. The van der Waals surface area contributed by atoms with Crippen molar-refractivity contribution in [2.75, 3.05) is 12.8 Å². The maximum absolute atomic E-state index is 12.9. The second-order valence-corrected chi connectivity index (χ2v) is 8.24. The molecular weight excluding hydrogens is 314 g/mol. The molecule has 2 aromatic rings. The fourth-order valence-electron chi connectivity index (χ4n) is 2.79. The highest BCUT2D eigenvalue weighted by atomic mass is 32.2. The molecule has 0 unspecified atom stereocenters. The van der Waals surface area contributed by atoms with Crippen LogP contribution in [0.25, 0.3) is 0 Å². The van der Waals surface area contributed by atoms with Gasteiger partial charge >= 0.3 is 0 Å². The van der Waals surface area contributed by atoms with E-state index in [0.717, 1.165) is 23.3 Å². The Bertz CT molecular complexity index is 772. The number of nitrogens with zero attached hydrogens (tertiary/aromatic N) is 1. The minimum atomic E-state index is -3.42. The van der Waals surface area contributed by atoms with Crippen molar-refractivity contribution in [3.8, 4) is 0 Å². The van der Waals surface area contributed by atoms with Gasteiger partial charge in [-0.1, -0.05) is 36.4 Å². The van der Waals surface area contributed by atoms with E-state index in [1.54, 1.807) is 28.2 Å². The van der Waals surface area contributed by atoms with Crippen LogP contribution in [-0.2, 0) is 28.7 Å². The molecule has 0 saturated heterocycles. The molecule has 22 heavy (non-hydrogen) atoms. The first-order valence-corrected chi connectivity index (χ1v) is 10.1. The maximum atomic E-state index is 12.9. The summed E-state index contributed by atoms with van der Waals surface area (Å²) in [6.45, 7) is 1.01. The van der Waals surface area contributed by atoms with Gasteiger partial charge in [0.2, 0.25) is 10.0 Å². The largest absolute Gasteiger partial charge is 0.243 e. The Kier molecular flexibility index (Phi) is 4.57. The third-order valence-corrected chi connectivity index (χ3v) is 6.41. The molecule has 0 atom stereocenters. The van der Waals surface area contributed by atoms with Crippen LogP contribution in [0.5, 0.6) is 0 Å². The normalized spacial score (nSPS) is 15.5. The summed E-state index contributed by atoms with van der Waals surface area (Å²) in [7, 11) is -3.42. The molecule has 116 valence electrons. The predicted octanol–water partition coefficient (Wildman–Crippen LogP) is 3.30. The fraction of sp³-hybridized carbons (Fsp3) is 0.294. The van der Waals surface area contributed by atoms with Crippen LogP contribution in [0.2, 0.25) is 0 Å². The second-order valence-electron chi connectivity index (χ2n) is 5.44. The van der Waals surface area contributed by atoms with Gasteiger partial charge in [-0.15, -0.1) is 0 Å². The van der Waals surface area contributed by atoms with Crippen molar-refractivity contribution in [3.63, 3.8) is 0 Å². The van der Waals surface area contributed by atoms with Gasteiger partial charge in [0, 0.05) is 18.8 Å². The lowest BCUT2D eigenvalue weighted by atomic mass is 10.0. The predicted molar refractivity (Wildman–Crippen MR) is 91.4 cm³/mol. The van der Waals surface area contributed by atoms with Gasteiger partial charge in [-0.05, 0) is 41.5 Å². The van der Waals surface area contributed by atoms with Gasteiger partial charge in [-0.2, -0.15) is 16.1 Å². The standard InChI is InChI=1S/C17H19NO2S2/c1-21-13-14-5-4-8-17(11-14)22(19,20)18-10-9-15-6-2-3-7-16(15)12-18/h2-8,11H,9-10,12-13H2,1H3. The number of sulfonamides is 1. The minimum Gasteiger partial charge on any atom is -0.207 e. The third-order valence-electron chi connectivity index (χ3n) is 3.94. The molecule has 0 fully saturated rings. The van der Waals surface area contributed by atoms with E-state index in [2.05, 4.69) is 6.07 Å². The highest BCUT2D eigenvalue weighted by Gasteiger charge is 2.28. The monoisotopic (exact) mass is 333 g/mol. The first kappa shape index (κ1) is 15.6. The van der Waals surface area contributed by atoms with Gasteiger partial charge in [0.15, 0.2) is 0 Å². The summed E-state index contributed by atoms with van der Waals surface area (Å²) in [6, 6.07) is 15.4. The van der Waals surface area contributed by atoms with E-state index in [1.165, 1.54) is 5.56 Å². The molecule has 3 nitrogen and oxygen atoms in total. The van der Waals surface area contributed by atoms with Crippen LogP contribution in [0.3, 0.4) is 0 Å². The average molecular weight is 333 g/mol. The van der Waals surface area contributed by atoms with E-state index in [9.17, 15) is 8.42 Å². The molecule has 3 rings (SSSR count). The molecule has 0 bridgehead atoms. The Hall–Kier alpha value is -1.30. The van der Waals surface area contributed by atoms with E-state index in [0.29, 0.717) is 18.0 Å². The summed E-state index contributed by atoms with van der Waals surface area (Å²) in [6.07, 6.45) is 2.79. The Balaban J connectivity index is 1.89. The van der Waals surface area contributed by atoms with Gasteiger partial charge in [0.1, 0.15) is 0 Å². The van der Waals surface area contributed by atoms with E-state index in [4.69, 9.17) is 0 Å². The first-order chi connectivity index (χ1) is 10.6. The summed E-state index contributed by atoms with van der Waals surface area (Å²) in [4.78, 5) is 0.401. The van der Waals surface area contributed by atoms with Crippen LogP contribution in [0.4, 0.5) is 0 Å². The van der Waals surface area contributed by atoms with Crippen LogP contribution in [0, 0.1) is 0 Å². The fourth-order valence-corrected chi connectivity index (χ4v) is 4.79. The van der Waals surface area contributed by atoms with Crippen molar-refractivity contribution in [2.45, 2.75) is 23.6 Å². The number of hydrogen-bond acceptors (Lipinski definition) is 3. The second kappa shape index (κ2) is 6.44. The molecule has 5 heteroatoms. The van der Waals surface area contributed by atoms with E-state index in [1.807, 2.05) is 36.6 Å². The highest BCUT2D eigenvalue weighted by molar-refractivity contribution is 7.97. The smallest absolute Gasteiger partial charge is 0.207 e. The third kappa shape index (κ3) is 3.07. The lowest BCUT2D eigenvalue weighted by Gasteiger charge is -2.28. The topological polar surface area (TPSA) is 37.4 Å². The van der Waals surface area contributed by atoms with Crippen molar-refractivity contribution in [1.29, 1.82) is 0 Å². The van der Waals surface area contributed by atoms with Crippen molar-refractivity contribution in [2.24, 2.45) is 0 Å². The zero-order chi connectivity index (χ0) is 15.6. The van der Waals surface area contributed by atoms with Crippen LogP contribution >= 0.6 is 11.8 Å². The number of rotatable bonds is 4. The zero-order valence-corrected chi connectivity index (χ0v) is 14.2. The molecule has 0 saturated carbocycles. The van der Waals surface area contributed by atoms with E-state index in [-0.39, 0.29) is 0 Å². The van der Waals surface area contributed by atoms with Crippen LogP contribution in [-0.4, -0.2) is 25.5 Å². The first-order valence-electron chi connectivity index (χ1n) is 7.26. The van der Waals surface area contributed by atoms with Gasteiger partial charge in [0.05, 0.1) is 4.90 Å². The number of fused-ring (bicyclic) bond motifs is 1. The van der Waals surface area contributed by atoms with Crippen LogP contribution in [0.15, 0.2) is 53.4 Å². The minimum absolute atomic E-state index is 0.401. The lowest BCUT2D eigenvalue weighted by molar-refractivity contribution is 0.391. The zero-order valence-electron chi connectivity index (χ0n) is 12.5. The quantitative estimate of drug-likeness (QED) is 0.861. The Morgan fingerprint density at radius 2 is 1.86 bits per heavy atom. The van der Waals surface area contributed by atoms with E-state index < -0.39 is 10.0 Å². The molecule has 0 aromatic heterocycles. The van der Waals surface area contributed by atoms with Crippen molar-refractivity contribution in [1.82, 2.24) is 4.31 Å². The molecule has 2 aromatic carbocycles. The summed E-state index contributed by atoms with van der Waals surface area (Å²) in [5, 5.41) is 0. The number of hydrogen-bond donors (Lipinski definition) is 0. The van der Waals surface area contributed by atoms with E-state index >= 15 is 0 Å².